The van der Waals surface area contributed by atoms with Gasteiger partial charge in [-0.15, -0.1) is 0 Å². The lowest BCUT2D eigenvalue weighted by Crippen LogP contribution is -2.42. The molecule has 4 rings (SSSR count). The highest BCUT2D eigenvalue weighted by molar-refractivity contribution is 5.94. The number of carbonyl (C=O) groups is 1. The van der Waals surface area contributed by atoms with Crippen LogP contribution in [-0.4, -0.2) is 36.9 Å². The highest BCUT2D eigenvalue weighted by Gasteiger charge is 2.43. The normalized spacial score (nSPS) is 18.2. The van der Waals surface area contributed by atoms with E-state index in [1.165, 1.54) is 25.7 Å². The van der Waals surface area contributed by atoms with Gasteiger partial charge in [0.05, 0.1) is 12.8 Å². The summed E-state index contributed by atoms with van der Waals surface area (Å²) in [6.07, 6.45) is 6.97. The first-order chi connectivity index (χ1) is 13.7. The number of carbonyl (C=O) groups excluding carboxylic acids is 1. The molecule has 28 heavy (non-hydrogen) atoms. The van der Waals surface area contributed by atoms with Crippen molar-refractivity contribution in [3.8, 4) is 0 Å². The number of furan rings is 1. The Morgan fingerprint density at radius 2 is 2.07 bits per heavy atom. The molecular weight excluding hydrogens is 352 g/mol. The van der Waals surface area contributed by atoms with Gasteiger partial charge in [-0.1, -0.05) is 18.6 Å². The number of hydrogen-bond donors (Lipinski definition) is 2. The number of amides is 1. The number of likely N-dealkylation sites (tertiary alicyclic amines) is 1. The van der Waals surface area contributed by atoms with Gasteiger partial charge in [-0.05, 0) is 54.5 Å². The number of hydrogen-bond acceptors (Lipinski definition) is 3. The number of rotatable bonds is 5. The molecule has 6 heteroatoms. The summed E-state index contributed by atoms with van der Waals surface area (Å²) in [5.74, 6) is 1.59. The molecule has 2 fully saturated rings. The third kappa shape index (κ3) is 4.06. The van der Waals surface area contributed by atoms with Crippen molar-refractivity contribution >= 4 is 11.9 Å². The minimum atomic E-state index is -0.103. The Kier molecular flexibility index (Phi) is 5.37. The Bertz CT molecular complexity index is 840. The lowest BCUT2D eigenvalue weighted by atomic mass is 9.68. The van der Waals surface area contributed by atoms with E-state index < -0.39 is 0 Å². The van der Waals surface area contributed by atoms with E-state index in [4.69, 9.17) is 4.42 Å². The fourth-order valence-corrected chi connectivity index (χ4v) is 4.22. The standard InChI is InChI=1S/C22H28N4O2/c1-23-21(26-11-10-22(16-26)8-4-9-22)25-14-17-5-2-6-18(13-17)20(27)24-15-19-7-3-12-28-19/h2-3,5-7,12-13H,4,8-11,14-16H2,1H3,(H,23,25)(H,24,27). The summed E-state index contributed by atoms with van der Waals surface area (Å²) in [7, 11) is 1.84. The van der Waals surface area contributed by atoms with Gasteiger partial charge in [0.1, 0.15) is 5.76 Å². The molecule has 148 valence electrons. The lowest BCUT2D eigenvalue weighted by Gasteiger charge is -2.38. The van der Waals surface area contributed by atoms with Crippen LogP contribution in [0.4, 0.5) is 0 Å². The molecule has 1 saturated carbocycles. The van der Waals surface area contributed by atoms with E-state index >= 15 is 0 Å². The molecule has 2 heterocycles. The third-order valence-corrected chi connectivity index (χ3v) is 6.01. The third-order valence-electron chi connectivity index (χ3n) is 6.01. The molecule has 2 aliphatic rings. The van der Waals surface area contributed by atoms with Gasteiger partial charge in [0, 0.05) is 32.2 Å². The van der Waals surface area contributed by atoms with E-state index in [1.54, 1.807) is 6.26 Å². The maximum absolute atomic E-state index is 12.4. The molecule has 1 amide bonds. The SMILES string of the molecule is CN=C(NCc1cccc(C(=O)NCc2ccco2)c1)N1CCC2(CCC2)C1. The Balaban J connectivity index is 1.32. The van der Waals surface area contributed by atoms with Gasteiger partial charge >= 0.3 is 0 Å². The lowest BCUT2D eigenvalue weighted by molar-refractivity contribution is 0.0948. The summed E-state index contributed by atoms with van der Waals surface area (Å²) in [5, 5.41) is 6.35. The molecule has 2 N–H and O–H groups in total. The monoisotopic (exact) mass is 380 g/mol. The topological polar surface area (TPSA) is 69.9 Å². The molecule has 1 spiro atoms. The zero-order valence-corrected chi connectivity index (χ0v) is 16.4. The van der Waals surface area contributed by atoms with Gasteiger partial charge in [-0.2, -0.15) is 0 Å². The summed E-state index contributed by atoms with van der Waals surface area (Å²) in [6.45, 7) is 3.23. The molecule has 0 bridgehead atoms. The van der Waals surface area contributed by atoms with Crippen molar-refractivity contribution in [3.63, 3.8) is 0 Å². The number of nitrogens with zero attached hydrogens (tertiary/aromatic N) is 2. The smallest absolute Gasteiger partial charge is 0.251 e. The van der Waals surface area contributed by atoms with Crippen molar-refractivity contribution in [1.82, 2.24) is 15.5 Å². The maximum Gasteiger partial charge on any atom is 0.251 e. The fraction of sp³-hybridized carbons (Fsp3) is 0.455. The van der Waals surface area contributed by atoms with Gasteiger partial charge in [0.2, 0.25) is 0 Å². The van der Waals surface area contributed by atoms with Crippen LogP contribution in [0.5, 0.6) is 0 Å². The van der Waals surface area contributed by atoms with Gasteiger partial charge in [-0.25, -0.2) is 0 Å². The van der Waals surface area contributed by atoms with Crippen LogP contribution in [0.1, 0.15) is 47.4 Å². The number of aliphatic imine (C=N–C) groups is 1. The molecule has 0 unspecified atom stereocenters. The summed E-state index contributed by atoms with van der Waals surface area (Å²) < 4.78 is 5.25. The second-order valence-corrected chi connectivity index (χ2v) is 7.89. The van der Waals surface area contributed by atoms with Crippen molar-refractivity contribution < 1.29 is 9.21 Å². The predicted octanol–water partition coefficient (Wildman–Crippen LogP) is 3.16. The van der Waals surface area contributed by atoms with Crippen LogP contribution in [0.25, 0.3) is 0 Å². The van der Waals surface area contributed by atoms with E-state index in [2.05, 4.69) is 20.5 Å². The van der Waals surface area contributed by atoms with Crippen LogP contribution >= 0.6 is 0 Å². The van der Waals surface area contributed by atoms with Gasteiger partial charge in [-0.3, -0.25) is 9.79 Å². The van der Waals surface area contributed by atoms with E-state index in [-0.39, 0.29) is 5.91 Å². The van der Waals surface area contributed by atoms with E-state index in [1.807, 2.05) is 43.4 Å². The van der Waals surface area contributed by atoms with Crippen molar-refractivity contribution in [1.29, 1.82) is 0 Å². The fourth-order valence-electron chi connectivity index (χ4n) is 4.22. The molecular formula is C22H28N4O2. The predicted molar refractivity (Wildman–Crippen MR) is 109 cm³/mol. The highest BCUT2D eigenvalue weighted by atomic mass is 16.3. The Labute approximate surface area is 166 Å². The largest absolute Gasteiger partial charge is 0.467 e. The molecule has 1 aromatic heterocycles. The van der Waals surface area contributed by atoms with Crippen LogP contribution in [0.15, 0.2) is 52.1 Å². The van der Waals surface area contributed by atoms with Crippen LogP contribution in [-0.2, 0) is 13.1 Å². The van der Waals surface area contributed by atoms with Crippen molar-refractivity contribution in [3.05, 3.63) is 59.5 Å². The molecule has 1 saturated heterocycles. The molecule has 1 aliphatic heterocycles. The Hall–Kier alpha value is -2.76. The first-order valence-electron chi connectivity index (χ1n) is 10.0. The van der Waals surface area contributed by atoms with Gasteiger partial charge in [0.25, 0.3) is 5.91 Å². The molecule has 1 aromatic carbocycles. The van der Waals surface area contributed by atoms with Crippen LogP contribution < -0.4 is 10.6 Å². The van der Waals surface area contributed by atoms with Crippen LogP contribution in [0.3, 0.4) is 0 Å². The van der Waals surface area contributed by atoms with Gasteiger partial charge < -0.3 is 20.0 Å². The van der Waals surface area contributed by atoms with Crippen LogP contribution in [0, 0.1) is 5.41 Å². The van der Waals surface area contributed by atoms with Gasteiger partial charge in [0.15, 0.2) is 5.96 Å². The summed E-state index contributed by atoms with van der Waals surface area (Å²) in [4.78, 5) is 19.2. The van der Waals surface area contributed by atoms with E-state index in [9.17, 15) is 4.79 Å². The quantitative estimate of drug-likeness (QED) is 0.618. The molecule has 1 aliphatic carbocycles. The molecule has 2 aromatic rings. The Morgan fingerprint density at radius 1 is 1.18 bits per heavy atom. The molecule has 0 atom stereocenters. The van der Waals surface area contributed by atoms with Crippen molar-refractivity contribution in [2.75, 3.05) is 20.1 Å². The van der Waals surface area contributed by atoms with Crippen LogP contribution in [0.2, 0.25) is 0 Å². The first kappa shape index (κ1) is 18.6. The second-order valence-electron chi connectivity index (χ2n) is 7.89. The highest BCUT2D eigenvalue weighted by Crippen LogP contribution is 2.47. The maximum atomic E-state index is 12.4. The second kappa shape index (κ2) is 8.09. The Morgan fingerprint density at radius 3 is 2.75 bits per heavy atom. The average molecular weight is 380 g/mol. The zero-order chi connectivity index (χ0) is 19.4. The van der Waals surface area contributed by atoms with Crippen molar-refractivity contribution in [2.24, 2.45) is 10.4 Å². The van der Waals surface area contributed by atoms with E-state index in [0.717, 1.165) is 30.4 Å². The van der Waals surface area contributed by atoms with E-state index in [0.29, 0.717) is 24.1 Å². The minimum absolute atomic E-state index is 0.103. The summed E-state index contributed by atoms with van der Waals surface area (Å²) in [5.41, 5.74) is 2.25. The average Bonchev–Trinajstić information content (AvgIpc) is 3.37. The first-order valence-corrected chi connectivity index (χ1v) is 10.0. The molecule has 0 radical (unpaired) electrons. The summed E-state index contributed by atoms with van der Waals surface area (Å²) in [6, 6.07) is 11.4. The number of nitrogens with one attached hydrogen (secondary N) is 2. The van der Waals surface area contributed by atoms with Crippen molar-refractivity contribution in [2.45, 2.75) is 38.8 Å². The number of guanidine groups is 1. The molecule has 6 nitrogen and oxygen atoms in total. The summed E-state index contributed by atoms with van der Waals surface area (Å²) >= 11 is 0. The number of benzene rings is 1. The minimum Gasteiger partial charge on any atom is -0.467 e. The zero-order valence-electron chi connectivity index (χ0n) is 16.4.